The topological polar surface area (TPSA) is 29.5 Å². The third kappa shape index (κ3) is 2.60. The van der Waals surface area contributed by atoms with Crippen LogP contribution in [0.1, 0.15) is 6.42 Å². The molecule has 0 amide bonds. The molecule has 1 radical (unpaired) electrons. The van der Waals surface area contributed by atoms with E-state index in [0.717, 1.165) is 0 Å². The Hall–Kier alpha value is -0.0800. The Morgan fingerprint density at radius 3 is 2.43 bits per heavy atom. The molecule has 0 heterocycles. The SMILES string of the molecule is [CH2]CC(CO)OC. The second-order valence-corrected chi connectivity index (χ2v) is 1.33. The van der Waals surface area contributed by atoms with Gasteiger partial charge in [0.1, 0.15) is 0 Å². The van der Waals surface area contributed by atoms with Crippen LogP contribution in [-0.2, 0) is 4.74 Å². The van der Waals surface area contributed by atoms with Gasteiger partial charge in [0.15, 0.2) is 0 Å². The van der Waals surface area contributed by atoms with Crippen molar-refractivity contribution in [2.24, 2.45) is 0 Å². The molecule has 0 aromatic carbocycles. The lowest BCUT2D eigenvalue weighted by Gasteiger charge is -2.06. The minimum absolute atomic E-state index is 0.0694. The Morgan fingerprint density at radius 2 is 2.43 bits per heavy atom. The van der Waals surface area contributed by atoms with Crippen molar-refractivity contribution in [2.45, 2.75) is 12.5 Å². The van der Waals surface area contributed by atoms with Gasteiger partial charge in [0.05, 0.1) is 12.7 Å². The molecule has 0 spiro atoms. The molecule has 0 aliphatic carbocycles. The zero-order valence-corrected chi connectivity index (χ0v) is 4.55. The summed E-state index contributed by atoms with van der Waals surface area (Å²) in [5, 5.41) is 8.36. The van der Waals surface area contributed by atoms with Crippen LogP contribution < -0.4 is 0 Å². The molecule has 2 heteroatoms. The number of methoxy groups -OCH3 is 1. The summed E-state index contributed by atoms with van der Waals surface area (Å²) < 4.78 is 4.74. The maximum atomic E-state index is 8.36. The second kappa shape index (κ2) is 4.09. The first kappa shape index (κ1) is 6.92. The lowest BCUT2D eigenvalue weighted by Crippen LogP contribution is -2.13. The molecule has 0 aromatic heterocycles. The molecule has 1 N–H and O–H groups in total. The number of hydrogen-bond acceptors (Lipinski definition) is 2. The van der Waals surface area contributed by atoms with Crippen LogP contribution in [0.15, 0.2) is 0 Å². The smallest absolute Gasteiger partial charge is 0.0802 e. The fourth-order valence-corrected chi connectivity index (χ4v) is 0.284. The summed E-state index contributed by atoms with van der Waals surface area (Å²) in [5.74, 6) is 0. The van der Waals surface area contributed by atoms with E-state index in [0.29, 0.717) is 6.42 Å². The minimum Gasteiger partial charge on any atom is -0.394 e. The lowest BCUT2D eigenvalue weighted by atomic mass is 10.3. The summed E-state index contributed by atoms with van der Waals surface area (Å²) >= 11 is 0. The molecule has 0 fully saturated rings. The van der Waals surface area contributed by atoms with E-state index >= 15 is 0 Å². The van der Waals surface area contributed by atoms with Gasteiger partial charge >= 0.3 is 0 Å². The quantitative estimate of drug-likeness (QED) is 0.553. The summed E-state index contributed by atoms with van der Waals surface area (Å²) in [6.07, 6.45) is 0.562. The fraction of sp³-hybridized carbons (Fsp3) is 0.800. The van der Waals surface area contributed by atoms with Gasteiger partial charge in [0.25, 0.3) is 0 Å². The highest BCUT2D eigenvalue weighted by atomic mass is 16.5. The first-order valence-electron chi connectivity index (χ1n) is 2.28. The van der Waals surface area contributed by atoms with Gasteiger partial charge in [-0.1, -0.05) is 6.92 Å². The molecule has 0 aliphatic rings. The lowest BCUT2D eigenvalue weighted by molar-refractivity contribution is 0.0509. The van der Waals surface area contributed by atoms with Crippen molar-refractivity contribution in [1.82, 2.24) is 0 Å². The van der Waals surface area contributed by atoms with E-state index in [9.17, 15) is 0 Å². The van der Waals surface area contributed by atoms with Crippen molar-refractivity contribution in [3.63, 3.8) is 0 Å². The molecule has 0 saturated carbocycles. The summed E-state index contributed by atoms with van der Waals surface area (Å²) in [7, 11) is 1.56. The van der Waals surface area contributed by atoms with Gasteiger partial charge in [-0.05, 0) is 6.42 Å². The van der Waals surface area contributed by atoms with E-state index in [2.05, 4.69) is 6.92 Å². The third-order valence-electron chi connectivity index (χ3n) is 0.859. The number of ether oxygens (including phenoxy) is 1. The maximum Gasteiger partial charge on any atom is 0.0802 e. The molecule has 0 aromatic rings. The van der Waals surface area contributed by atoms with Gasteiger partial charge in [-0.3, -0.25) is 0 Å². The Labute approximate surface area is 44.1 Å². The van der Waals surface area contributed by atoms with Gasteiger partial charge in [-0.15, -0.1) is 0 Å². The van der Waals surface area contributed by atoms with E-state index in [1.54, 1.807) is 7.11 Å². The molecule has 7 heavy (non-hydrogen) atoms. The predicted octanol–water partition coefficient (Wildman–Crippen LogP) is 0.218. The summed E-state index contributed by atoms with van der Waals surface area (Å²) in [6.45, 7) is 3.61. The van der Waals surface area contributed by atoms with Gasteiger partial charge in [-0.2, -0.15) is 0 Å². The Balaban J connectivity index is 2.99. The fourth-order valence-electron chi connectivity index (χ4n) is 0.284. The summed E-state index contributed by atoms with van der Waals surface area (Å²) in [4.78, 5) is 0. The van der Waals surface area contributed by atoms with Crippen LogP contribution in [0.4, 0.5) is 0 Å². The molecule has 2 nitrogen and oxygen atoms in total. The Morgan fingerprint density at radius 1 is 1.86 bits per heavy atom. The highest BCUT2D eigenvalue weighted by Crippen LogP contribution is 1.90. The first-order chi connectivity index (χ1) is 3.35. The van der Waals surface area contributed by atoms with Crippen molar-refractivity contribution in [3.8, 4) is 0 Å². The van der Waals surface area contributed by atoms with Crippen LogP contribution >= 0.6 is 0 Å². The van der Waals surface area contributed by atoms with E-state index in [-0.39, 0.29) is 12.7 Å². The van der Waals surface area contributed by atoms with Crippen molar-refractivity contribution in [1.29, 1.82) is 0 Å². The van der Waals surface area contributed by atoms with Crippen LogP contribution in [0.25, 0.3) is 0 Å². The van der Waals surface area contributed by atoms with Gasteiger partial charge in [0.2, 0.25) is 0 Å². The van der Waals surface area contributed by atoms with Gasteiger partial charge < -0.3 is 9.84 Å². The molecule has 0 rings (SSSR count). The molecule has 0 aliphatic heterocycles. The van der Waals surface area contributed by atoms with Crippen molar-refractivity contribution < 1.29 is 9.84 Å². The van der Waals surface area contributed by atoms with Crippen LogP contribution in [0.3, 0.4) is 0 Å². The average Bonchev–Trinajstić information content (AvgIpc) is 1.72. The third-order valence-corrected chi connectivity index (χ3v) is 0.859. The molecule has 1 atom stereocenters. The number of aliphatic hydroxyl groups is 1. The number of rotatable bonds is 3. The van der Waals surface area contributed by atoms with Crippen molar-refractivity contribution in [2.75, 3.05) is 13.7 Å². The standard InChI is InChI=1S/C5H11O2/c1-3-5(4-6)7-2/h5-6H,1,3-4H2,2H3. The summed E-state index contributed by atoms with van der Waals surface area (Å²) in [5.41, 5.74) is 0. The monoisotopic (exact) mass is 103 g/mol. The molecule has 1 unspecified atom stereocenters. The van der Waals surface area contributed by atoms with E-state index < -0.39 is 0 Å². The molecular weight excluding hydrogens is 92.1 g/mol. The molecular formula is C5H11O2. The van der Waals surface area contributed by atoms with E-state index in [1.807, 2.05) is 0 Å². The largest absolute Gasteiger partial charge is 0.394 e. The normalized spacial score (nSPS) is 14.1. The van der Waals surface area contributed by atoms with Crippen molar-refractivity contribution in [3.05, 3.63) is 6.92 Å². The highest BCUT2D eigenvalue weighted by molar-refractivity contribution is 4.54. The number of aliphatic hydroxyl groups excluding tert-OH is 1. The highest BCUT2D eigenvalue weighted by Gasteiger charge is 1.97. The van der Waals surface area contributed by atoms with Crippen LogP contribution in [0.2, 0.25) is 0 Å². The predicted molar refractivity (Wildman–Crippen MR) is 27.9 cm³/mol. The van der Waals surface area contributed by atoms with E-state index in [1.165, 1.54) is 0 Å². The second-order valence-electron chi connectivity index (χ2n) is 1.33. The van der Waals surface area contributed by atoms with Gasteiger partial charge in [0, 0.05) is 7.11 Å². The van der Waals surface area contributed by atoms with Crippen LogP contribution in [0, 0.1) is 6.92 Å². The van der Waals surface area contributed by atoms with Crippen LogP contribution in [-0.4, -0.2) is 24.9 Å². The van der Waals surface area contributed by atoms with Crippen LogP contribution in [0.5, 0.6) is 0 Å². The Bertz CT molecular complexity index is 27.6. The van der Waals surface area contributed by atoms with Crippen molar-refractivity contribution >= 4 is 0 Å². The molecule has 43 valence electrons. The van der Waals surface area contributed by atoms with E-state index in [4.69, 9.17) is 9.84 Å². The minimum atomic E-state index is -0.0694. The maximum absolute atomic E-state index is 8.36. The Kier molecular flexibility index (Phi) is 4.04. The van der Waals surface area contributed by atoms with Gasteiger partial charge in [-0.25, -0.2) is 0 Å². The average molecular weight is 103 g/mol. The zero-order valence-electron chi connectivity index (χ0n) is 4.55. The summed E-state index contributed by atoms with van der Waals surface area (Å²) in [6, 6.07) is 0. The molecule has 0 saturated heterocycles. The zero-order chi connectivity index (χ0) is 5.70. The number of hydrogen-bond donors (Lipinski definition) is 1. The first-order valence-corrected chi connectivity index (χ1v) is 2.28. The molecule has 0 bridgehead atoms.